The number of benzene rings is 2. The summed E-state index contributed by atoms with van der Waals surface area (Å²) in [5, 5.41) is 0. The monoisotopic (exact) mass is 343 g/mol. The van der Waals surface area contributed by atoms with Gasteiger partial charge in [-0.05, 0) is 36.4 Å². The van der Waals surface area contributed by atoms with E-state index in [0.717, 1.165) is 11.4 Å². The van der Waals surface area contributed by atoms with Crippen molar-refractivity contribution < 1.29 is 13.2 Å². The minimum atomic E-state index is -3.67. The number of aryl methyl sites for hydroxylation is 1. The third kappa shape index (κ3) is 3.26. The number of methoxy groups -OCH3 is 1. The highest BCUT2D eigenvalue weighted by atomic mass is 32.2. The number of nitrogens with zero attached hydrogens (tertiary/aromatic N) is 2. The molecule has 0 aliphatic carbocycles. The molecule has 1 aromatic heterocycles. The smallest absolute Gasteiger partial charge is 0.261 e. The van der Waals surface area contributed by atoms with E-state index in [1.54, 1.807) is 36.5 Å². The summed E-state index contributed by atoms with van der Waals surface area (Å²) in [4.78, 5) is 4.44. The van der Waals surface area contributed by atoms with Crippen molar-refractivity contribution in [1.29, 1.82) is 0 Å². The van der Waals surface area contributed by atoms with Crippen molar-refractivity contribution in [3.8, 4) is 17.1 Å². The molecule has 0 unspecified atom stereocenters. The molecule has 0 aliphatic heterocycles. The van der Waals surface area contributed by atoms with Gasteiger partial charge in [0.1, 0.15) is 11.6 Å². The predicted molar refractivity (Wildman–Crippen MR) is 92.4 cm³/mol. The lowest BCUT2D eigenvalue weighted by Crippen LogP contribution is -2.12. The van der Waals surface area contributed by atoms with Crippen LogP contribution in [-0.4, -0.2) is 25.1 Å². The zero-order valence-electron chi connectivity index (χ0n) is 13.3. The van der Waals surface area contributed by atoms with Gasteiger partial charge in [0, 0.05) is 30.7 Å². The van der Waals surface area contributed by atoms with Crippen molar-refractivity contribution in [1.82, 2.24) is 9.55 Å². The molecular weight excluding hydrogens is 326 g/mol. The van der Waals surface area contributed by atoms with Crippen LogP contribution in [0.2, 0.25) is 0 Å². The summed E-state index contributed by atoms with van der Waals surface area (Å²) < 4.78 is 34.5. The summed E-state index contributed by atoms with van der Waals surface area (Å²) in [5.41, 5.74) is 1.31. The maximum Gasteiger partial charge on any atom is 0.261 e. The van der Waals surface area contributed by atoms with Crippen LogP contribution in [0.3, 0.4) is 0 Å². The zero-order chi connectivity index (χ0) is 17.2. The van der Waals surface area contributed by atoms with Gasteiger partial charge in [-0.3, -0.25) is 4.72 Å². The largest absolute Gasteiger partial charge is 0.497 e. The fraction of sp³-hybridized carbons (Fsp3) is 0.118. The molecule has 0 saturated heterocycles. The van der Waals surface area contributed by atoms with E-state index >= 15 is 0 Å². The Kier molecular flexibility index (Phi) is 4.26. The number of anilines is 1. The minimum Gasteiger partial charge on any atom is -0.497 e. The maximum atomic E-state index is 12.5. The molecule has 0 aliphatic rings. The number of imidazole rings is 1. The van der Waals surface area contributed by atoms with E-state index in [1.807, 2.05) is 23.9 Å². The van der Waals surface area contributed by atoms with Crippen molar-refractivity contribution in [2.45, 2.75) is 4.90 Å². The Hall–Kier alpha value is -2.80. The Morgan fingerprint density at radius 1 is 1.12 bits per heavy atom. The molecule has 3 aromatic rings. The summed E-state index contributed by atoms with van der Waals surface area (Å²) >= 11 is 0. The fourth-order valence-corrected chi connectivity index (χ4v) is 3.38. The predicted octanol–water partition coefficient (Wildman–Crippen LogP) is 2.90. The van der Waals surface area contributed by atoms with Gasteiger partial charge in [-0.2, -0.15) is 0 Å². The summed E-state index contributed by atoms with van der Waals surface area (Å²) in [6.07, 6.45) is 3.53. The van der Waals surface area contributed by atoms with E-state index in [9.17, 15) is 8.42 Å². The van der Waals surface area contributed by atoms with E-state index in [-0.39, 0.29) is 4.90 Å². The quantitative estimate of drug-likeness (QED) is 0.773. The molecule has 7 heteroatoms. The number of sulfonamides is 1. The minimum absolute atomic E-state index is 0.172. The van der Waals surface area contributed by atoms with Crippen molar-refractivity contribution in [3.05, 3.63) is 60.9 Å². The van der Waals surface area contributed by atoms with Crippen molar-refractivity contribution in [2.24, 2.45) is 7.05 Å². The van der Waals surface area contributed by atoms with E-state index in [1.165, 1.54) is 19.2 Å². The van der Waals surface area contributed by atoms with Gasteiger partial charge in [0.2, 0.25) is 0 Å². The molecular formula is C17H17N3O3S. The summed E-state index contributed by atoms with van der Waals surface area (Å²) in [6.45, 7) is 0. The molecule has 1 N–H and O–H groups in total. The molecule has 0 bridgehead atoms. The Morgan fingerprint density at radius 2 is 1.88 bits per heavy atom. The van der Waals surface area contributed by atoms with Crippen LogP contribution in [0.5, 0.6) is 5.75 Å². The number of nitrogens with one attached hydrogen (secondary N) is 1. The number of rotatable bonds is 5. The van der Waals surface area contributed by atoms with Crippen LogP contribution < -0.4 is 9.46 Å². The average molecular weight is 343 g/mol. The van der Waals surface area contributed by atoms with Gasteiger partial charge >= 0.3 is 0 Å². The third-order valence-corrected chi connectivity index (χ3v) is 4.96. The normalized spacial score (nSPS) is 11.2. The fourth-order valence-electron chi connectivity index (χ4n) is 2.33. The molecule has 0 spiro atoms. The first kappa shape index (κ1) is 16.1. The lowest BCUT2D eigenvalue weighted by Gasteiger charge is -2.10. The Morgan fingerprint density at radius 3 is 2.50 bits per heavy atom. The second kappa shape index (κ2) is 6.37. The molecule has 0 radical (unpaired) electrons. The summed E-state index contributed by atoms with van der Waals surface area (Å²) in [7, 11) is -0.249. The van der Waals surface area contributed by atoms with E-state index in [0.29, 0.717) is 11.4 Å². The molecule has 1 heterocycles. The van der Waals surface area contributed by atoms with E-state index < -0.39 is 10.0 Å². The van der Waals surface area contributed by atoms with Gasteiger partial charge in [-0.15, -0.1) is 0 Å². The van der Waals surface area contributed by atoms with Crippen molar-refractivity contribution >= 4 is 15.7 Å². The lowest BCUT2D eigenvalue weighted by molar-refractivity contribution is 0.414. The molecule has 0 atom stereocenters. The first-order valence-corrected chi connectivity index (χ1v) is 8.72. The van der Waals surface area contributed by atoms with Gasteiger partial charge < -0.3 is 9.30 Å². The topological polar surface area (TPSA) is 73.2 Å². The van der Waals surface area contributed by atoms with Crippen LogP contribution in [0.15, 0.2) is 65.8 Å². The second-order valence-electron chi connectivity index (χ2n) is 5.22. The van der Waals surface area contributed by atoms with Gasteiger partial charge in [0.15, 0.2) is 0 Å². The molecule has 0 amide bonds. The lowest BCUT2D eigenvalue weighted by atomic mass is 10.2. The molecule has 0 fully saturated rings. The van der Waals surface area contributed by atoms with Gasteiger partial charge in [0.05, 0.1) is 12.0 Å². The van der Waals surface area contributed by atoms with E-state index in [4.69, 9.17) is 4.74 Å². The molecule has 124 valence electrons. The Bertz CT molecular complexity index is 947. The van der Waals surface area contributed by atoms with Crippen LogP contribution in [-0.2, 0) is 17.1 Å². The van der Waals surface area contributed by atoms with Gasteiger partial charge in [0.25, 0.3) is 10.0 Å². The van der Waals surface area contributed by atoms with Crippen LogP contribution in [0.4, 0.5) is 5.69 Å². The standard InChI is InChI=1S/C17H17N3O3S/c1-20-11-10-18-17(20)13-4-3-5-14(12-13)19-24(21,22)16-8-6-15(23-2)7-9-16/h3-12,19H,1-2H3. The maximum absolute atomic E-state index is 12.5. The molecule has 2 aromatic carbocycles. The Labute approximate surface area is 140 Å². The summed E-state index contributed by atoms with van der Waals surface area (Å²) in [5.74, 6) is 1.37. The van der Waals surface area contributed by atoms with E-state index in [2.05, 4.69) is 9.71 Å². The first-order chi connectivity index (χ1) is 11.5. The van der Waals surface area contributed by atoms with Crippen molar-refractivity contribution in [3.63, 3.8) is 0 Å². The third-order valence-electron chi connectivity index (χ3n) is 3.56. The molecule has 24 heavy (non-hydrogen) atoms. The van der Waals surface area contributed by atoms with Crippen LogP contribution >= 0.6 is 0 Å². The number of hydrogen-bond donors (Lipinski definition) is 1. The highest BCUT2D eigenvalue weighted by molar-refractivity contribution is 7.92. The zero-order valence-corrected chi connectivity index (χ0v) is 14.1. The highest BCUT2D eigenvalue weighted by Gasteiger charge is 2.15. The van der Waals surface area contributed by atoms with Crippen LogP contribution in [0.1, 0.15) is 0 Å². The van der Waals surface area contributed by atoms with Crippen molar-refractivity contribution in [2.75, 3.05) is 11.8 Å². The number of ether oxygens (including phenoxy) is 1. The molecule has 6 nitrogen and oxygen atoms in total. The first-order valence-electron chi connectivity index (χ1n) is 7.24. The number of hydrogen-bond acceptors (Lipinski definition) is 4. The highest BCUT2D eigenvalue weighted by Crippen LogP contribution is 2.23. The van der Waals surface area contributed by atoms with Crippen LogP contribution in [0, 0.1) is 0 Å². The molecule has 3 rings (SSSR count). The van der Waals surface area contributed by atoms with Gasteiger partial charge in [-0.1, -0.05) is 12.1 Å². The van der Waals surface area contributed by atoms with Crippen LogP contribution in [0.25, 0.3) is 11.4 Å². The average Bonchev–Trinajstić information content (AvgIpc) is 3.01. The SMILES string of the molecule is COc1ccc(S(=O)(=O)Nc2cccc(-c3nccn3C)c2)cc1. The van der Waals surface area contributed by atoms with Gasteiger partial charge in [-0.25, -0.2) is 13.4 Å². The second-order valence-corrected chi connectivity index (χ2v) is 6.91. The summed E-state index contributed by atoms with van der Waals surface area (Å²) in [6, 6.07) is 13.4. The number of aromatic nitrogens is 2. The molecule has 0 saturated carbocycles. The Balaban J connectivity index is 1.88.